The van der Waals surface area contributed by atoms with Crippen molar-refractivity contribution in [2.75, 3.05) is 7.11 Å². The Labute approximate surface area is 75.2 Å². The van der Waals surface area contributed by atoms with Crippen LogP contribution in [0.1, 0.15) is 0 Å². The van der Waals surface area contributed by atoms with Crippen molar-refractivity contribution in [3.63, 3.8) is 0 Å². The van der Waals surface area contributed by atoms with E-state index < -0.39 is 34.8 Å². The molecule has 0 heterocycles. The average molecular weight is 216 g/mol. The van der Waals surface area contributed by atoms with Gasteiger partial charge in [0, 0.05) is 7.11 Å². The predicted octanol–water partition coefficient (Wildman–Crippen LogP) is 1.70. The molecule has 14 heavy (non-hydrogen) atoms. The van der Waals surface area contributed by atoms with E-state index in [-0.39, 0.29) is 0 Å². The van der Waals surface area contributed by atoms with E-state index in [2.05, 4.69) is 0 Å². The minimum Gasteiger partial charge on any atom is -0.503 e. The Kier molecular flexibility index (Phi) is 4.29. The van der Waals surface area contributed by atoms with Crippen LogP contribution >= 0.6 is 0 Å². The Balaban J connectivity index is 0.000000791. The zero-order valence-corrected chi connectivity index (χ0v) is 6.78. The van der Waals surface area contributed by atoms with Gasteiger partial charge in [-0.25, -0.2) is 13.2 Å². The van der Waals surface area contributed by atoms with Crippen molar-refractivity contribution in [1.82, 2.24) is 0 Å². The molecule has 0 amide bonds. The number of aromatic hydroxyl groups is 1. The van der Waals surface area contributed by atoms with E-state index >= 15 is 0 Å². The zero-order valence-electron chi connectivity index (χ0n) is 6.78. The number of hydrogen-bond acceptors (Lipinski definition) is 2. The van der Waals surface area contributed by atoms with E-state index in [4.69, 9.17) is 10.2 Å². The first-order chi connectivity index (χ1) is 6.46. The first-order valence-electron chi connectivity index (χ1n) is 3.12. The Hall–Kier alpha value is -1.37. The van der Waals surface area contributed by atoms with Gasteiger partial charge in [-0.15, -0.1) is 0 Å². The van der Waals surface area contributed by atoms with Crippen LogP contribution in [0, 0.1) is 29.1 Å². The van der Waals surface area contributed by atoms with Crippen LogP contribution in [0.25, 0.3) is 0 Å². The van der Waals surface area contributed by atoms with Crippen LogP contribution in [0.3, 0.4) is 0 Å². The highest BCUT2D eigenvalue weighted by Gasteiger charge is 2.24. The molecule has 1 aromatic rings. The molecule has 0 bridgehead atoms. The van der Waals surface area contributed by atoms with Crippen LogP contribution in [0.15, 0.2) is 0 Å². The normalized spacial score (nSPS) is 9.36. The average Bonchev–Trinajstić information content (AvgIpc) is 2.24. The number of hydrogen-bond donors (Lipinski definition) is 2. The quantitative estimate of drug-likeness (QED) is 0.393. The van der Waals surface area contributed by atoms with Crippen molar-refractivity contribution >= 4 is 0 Å². The molecule has 0 aliphatic rings. The summed E-state index contributed by atoms with van der Waals surface area (Å²) in [6.45, 7) is 0. The molecule has 1 rings (SSSR count). The molecule has 0 atom stereocenters. The SMILES string of the molecule is CO.Oc1c(F)c(F)c(F)c(F)c1F. The van der Waals surface area contributed by atoms with Gasteiger partial charge < -0.3 is 10.2 Å². The van der Waals surface area contributed by atoms with Gasteiger partial charge in [0.25, 0.3) is 0 Å². The highest BCUT2D eigenvalue weighted by Crippen LogP contribution is 2.27. The zero-order chi connectivity index (χ0) is 11.5. The molecule has 1 aromatic carbocycles. The second-order valence-electron chi connectivity index (χ2n) is 1.92. The molecule has 0 aliphatic heterocycles. The molecule has 0 radical (unpaired) electrons. The third-order valence-electron chi connectivity index (χ3n) is 1.19. The van der Waals surface area contributed by atoms with Gasteiger partial charge in [0.1, 0.15) is 0 Å². The predicted molar refractivity (Wildman–Crippen MR) is 36.0 cm³/mol. The molecule has 0 saturated heterocycles. The van der Waals surface area contributed by atoms with Crippen molar-refractivity contribution in [3.05, 3.63) is 29.1 Å². The van der Waals surface area contributed by atoms with Gasteiger partial charge in [0.2, 0.25) is 29.1 Å². The van der Waals surface area contributed by atoms with E-state index in [1.807, 2.05) is 0 Å². The molecule has 2 nitrogen and oxygen atoms in total. The summed E-state index contributed by atoms with van der Waals surface area (Å²) in [7, 11) is 1.00. The minimum absolute atomic E-state index is 1.00. The third-order valence-corrected chi connectivity index (χ3v) is 1.19. The number of halogens is 5. The van der Waals surface area contributed by atoms with Gasteiger partial charge in [0.05, 0.1) is 0 Å². The summed E-state index contributed by atoms with van der Waals surface area (Å²) in [5.41, 5.74) is 0. The van der Waals surface area contributed by atoms with E-state index in [1.165, 1.54) is 0 Å². The van der Waals surface area contributed by atoms with Gasteiger partial charge >= 0.3 is 0 Å². The van der Waals surface area contributed by atoms with Crippen molar-refractivity contribution in [2.45, 2.75) is 0 Å². The van der Waals surface area contributed by atoms with E-state index in [0.717, 1.165) is 7.11 Å². The van der Waals surface area contributed by atoms with Crippen LogP contribution in [0.4, 0.5) is 22.0 Å². The highest BCUT2D eigenvalue weighted by atomic mass is 19.2. The molecule has 0 saturated carbocycles. The van der Waals surface area contributed by atoms with Gasteiger partial charge in [-0.2, -0.15) is 8.78 Å². The number of aliphatic hydroxyl groups excluding tert-OH is 1. The molecule has 0 spiro atoms. The van der Waals surface area contributed by atoms with E-state index in [0.29, 0.717) is 0 Å². The lowest BCUT2D eigenvalue weighted by molar-refractivity contribution is 0.325. The summed E-state index contributed by atoms with van der Waals surface area (Å²) >= 11 is 0. The fourth-order valence-electron chi connectivity index (χ4n) is 0.593. The highest BCUT2D eigenvalue weighted by molar-refractivity contribution is 5.27. The Bertz CT molecular complexity index is 234. The van der Waals surface area contributed by atoms with E-state index in [1.54, 1.807) is 0 Å². The number of phenolic OH excluding ortho intramolecular Hbond substituents is 1. The van der Waals surface area contributed by atoms with Crippen LogP contribution in [-0.4, -0.2) is 17.3 Å². The third kappa shape index (κ3) is 1.92. The maximum Gasteiger partial charge on any atom is 0.206 e. The standard InChI is InChI=1S/C6HF5O.CH4O/c7-1-2(8)4(10)6(12)5(11)3(1)9;1-2/h12H;2H,1H3. The second-order valence-corrected chi connectivity index (χ2v) is 1.92. The lowest BCUT2D eigenvalue weighted by Gasteiger charge is -2.00. The molecule has 0 aromatic heterocycles. The minimum atomic E-state index is -2.29. The largest absolute Gasteiger partial charge is 0.503 e. The summed E-state index contributed by atoms with van der Waals surface area (Å²) in [4.78, 5) is 0. The molecular formula is C7H5F5O2. The number of aliphatic hydroxyl groups is 1. The van der Waals surface area contributed by atoms with Crippen molar-refractivity contribution in [1.29, 1.82) is 0 Å². The smallest absolute Gasteiger partial charge is 0.206 e. The Morgan fingerprint density at radius 3 is 1.14 bits per heavy atom. The number of phenols is 1. The van der Waals surface area contributed by atoms with E-state index in [9.17, 15) is 22.0 Å². The number of rotatable bonds is 0. The Morgan fingerprint density at radius 2 is 0.857 bits per heavy atom. The molecule has 0 aliphatic carbocycles. The van der Waals surface area contributed by atoms with Gasteiger partial charge in [0.15, 0.2) is 5.75 Å². The molecule has 0 unspecified atom stereocenters. The van der Waals surface area contributed by atoms with Crippen molar-refractivity contribution < 1.29 is 32.2 Å². The molecular weight excluding hydrogens is 211 g/mol. The van der Waals surface area contributed by atoms with Crippen molar-refractivity contribution in [3.8, 4) is 5.75 Å². The number of benzene rings is 1. The fraction of sp³-hybridized carbons (Fsp3) is 0.143. The van der Waals surface area contributed by atoms with Crippen LogP contribution < -0.4 is 0 Å². The summed E-state index contributed by atoms with van der Waals surface area (Å²) in [6.07, 6.45) is 0. The topological polar surface area (TPSA) is 40.5 Å². The monoisotopic (exact) mass is 216 g/mol. The lowest BCUT2D eigenvalue weighted by Crippen LogP contribution is -2.00. The van der Waals surface area contributed by atoms with Gasteiger partial charge in [-0.3, -0.25) is 0 Å². The first-order valence-corrected chi connectivity index (χ1v) is 3.12. The maximum absolute atomic E-state index is 12.2. The maximum atomic E-state index is 12.2. The Morgan fingerprint density at radius 1 is 0.643 bits per heavy atom. The summed E-state index contributed by atoms with van der Waals surface area (Å²) in [6, 6.07) is 0. The fourth-order valence-corrected chi connectivity index (χ4v) is 0.593. The molecule has 2 N–H and O–H groups in total. The van der Waals surface area contributed by atoms with Crippen LogP contribution in [0.2, 0.25) is 0 Å². The molecule has 7 heteroatoms. The molecule has 80 valence electrons. The second kappa shape index (κ2) is 4.75. The summed E-state index contributed by atoms with van der Waals surface area (Å²) < 4.78 is 60.6. The van der Waals surface area contributed by atoms with Crippen molar-refractivity contribution in [2.24, 2.45) is 0 Å². The van der Waals surface area contributed by atoms with Gasteiger partial charge in [-0.1, -0.05) is 0 Å². The van der Waals surface area contributed by atoms with Crippen LogP contribution in [-0.2, 0) is 0 Å². The summed E-state index contributed by atoms with van der Waals surface area (Å²) in [5.74, 6) is -12.9. The first kappa shape index (κ1) is 12.6. The molecule has 0 fully saturated rings. The lowest BCUT2D eigenvalue weighted by atomic mass is 10.3. The van der Waals surface area contributed by atoms with Crippen LogP contribution in [0.5, 0.6) is 5.75 Å². The summed E-state index contributed by atoms with van der Waals surface area (Å²) in [5, 5.41) is 15.3. The van der Waals surface area contributed by atoms with Gasteiger partial charge in [-0.05, 0) is 0 Å².